The first-order valence-electron chi connectivity index (χ1n) is 9.01. The summed E-state index contributed by atoms with van der Waals surface area (Å²) in [5.74, 6) is -2.24. The van der Waals surface area contributed by atoms with Crippen LogP contribution in [0.25, 0.3) is 0 Å². The molecule has 2 aliphatic heterocycles. The molecule has 0 aromatic carbocycles. The van der Waals surface area contributed by atoms with Crippen LogP contribution in [-0.2, 0) is 19.1 Å². The van der Waals surface area contributed by atoms with Gasteiger partial charge in [-0.15, -0.1) is 0 Å². The molecule has 1 aromatic heterocycles. The van der Waals surface area contributed by atoms with Crippen molar-refractivity contribution < 1.29 is 28.7 Å². The van der Waals surface area contributed by atoms with Gasteiger partial charge in [0.15, 0.2) is 0 Å². The van der Waals surface area contributed by atoms with E-state index in [4.69, 9.17) is 4.74 Å². The fourth-order valence-corrected chi connectivity index (χ4v) is 5.59. The van der Waals surface area contributed by atoms with Crippen LogP contribution in [0.4, 0.5) is 4.79 Å². The van der Waals surface area contributed by atoms with E-state index in [9.17, 15) is 24.0 Å². The molecule has 4 atom stereocenters. The zero-order chi connectivity index (χ0) is 21.4. The van der Waals surface area contributed by atoms with Gasteiger partial charge in [-0.25, -0.2) is 4.79 Å². The molecule has 1 saturated heterocycles. The highest BCUT2D eigenvalue weighted by Gasteiger charge is 2.72. The number of likely N-dealkylation sites (N-methyl/N-ethyl adjacent to an activating group) is 1. The third kappa shape index (κ3) is 2.36. The molecular weight excluding hydrogens is 448 g/mol. The van der Waals surface area contributed by atoms with Gasteiger partial charge in [-0.05, 0) is 28.1 Å². The van der Waals surface area contributed by atoms with E-state index in [1.54, 1.807) is 16.7 Å². The second-order valence-corrected chi connectivity index (χ2v) is 8.29. The highest BCUT2D eigenvalue weighted by molar-refractivity contribution is 9.10. The molecular formula is C18H19BrN4O6. The molecule has 154 valence electrons. The average Bonchev–Trinajstić information content (AvgIpc) is 3.19. The van der Waals surface area contributed by atoms with E-state index in [2.05, 4.69) is 15.9 Å². The number of fused-ring (bicyclic) bond motifs is 5. The average molecular weight is 467 g/mol. The van der Waals surface area contributed by atoms with Crippen LogP contribution in [0, 0.1) is 0 Å². The van der Waals surface area contributed by atoms with Crippen molar-refractivity contribution in [2.45, 2.75) is 51.0 Å². The van der Waals surface area contributed by atoms with Crippen molar-refractivity contribution in [3.8, 4) is 0 Å². The van der Waals surface area contributed by atoms with Gasteiger partial charge in [-0.1, -0.05) is 0 Å². The second-order valence-electron chi connectivity index (χ2n) is 7.48. The predicted octanol–water partition coefficient (Wildman–Crippen LogP) is 1.11. The Kier molecular flexibility index (Phi) is 4.16. The highest BCUT2D eigenvalue weighted by Crippen LogP contribution is 2.54. The number of hydrogen-bond donors (Lipinski definition) is 0. The van der Waals surface area contributed by atoms with Crippen LogP contribution in [-0.4, -0.2) is 73.8 Å². The molecule has 3 heterocycles. The smallest absolute Gasteiger partial charge is 0.330 e. The third-order valence-electron chi connectivity index (χ3n) is 5.96. The molecule has 0 N–H and O–H groups in total. The van der Waals surface area contributed by atoms with Crippen LogP contribution in [0.5, 0.6) is 0 Å². The van der Waals surface area contributed by atoms with Gasteiger partial charge in [0.05, 0.1) is 16.7 Å². The van der Waals surface area contributed by atoms with Crippen molar-refractivity contribution in [1.82, 2.24) is 19.3 Å². The first-order chi connectivity index (χ1) is 13.5. The quantitative estimate of drug-likeness (QED) is 0.573. The van der Waals surface area contributed by atoms with E-state index in [-0.39, 0.29) is 6.42 Å². The van der Waals surface area contributed by atoms with Crippen LogP contribution in [0.15, 0.2) is 16.7 Å². The zero-order valence-electron chi connectivity index (χ0n) is 16.2. The Morgan fingerprint density at radius 2 is 1.72 bits per heavy atom. The number of hydrogen-bond acceptors (Lipinski definition) is 6. The number of amides is 5. The van der Waals surface area contributed by atoms with E-state index < -0.39 is 53.6 Å². The molecule has 3 aliphatic rings. The number of aromatic nitrogens is 1. The molecule has 1 aliphatic carbocycles. The number of halogens is 1. The maximum atomic E-state index is 13.1. The number of carbonyl (C=O) groups is 5. The van der Waals surface area contributed by atoms with Crippen molar-refractivity contribution in [1.29, 1.82) is 0 Å². The maximum Gasteiger partial charge on any atom is 0.330 e. The van der Waals surface area contributed by atoms with Gasteiger partial charge in [0.2, 0.25) is 17.5 Å². The molecule has 5 amide bonds. The molecule has 1 saturated carbocycles. The topological polar surface area (TPSA) is 109 Å². The summed E-state index contributed by atoms with van der Waals surface area (Å²) in [6.45, 7) is 3.70. The number of urea groups is 1. The summed E-state index contributed by atoms with van der Waals surface area (Å²) in [7, 11) is 1.45. The van der Waals surface area contributed by atoms with Gasteiger partial charge in [-0.3, -0.25) is 33.9 Å². The summed E-state index contributed by atoms with van der Waals surface area (Å²) >= 11 is 3.43. The minimum Gasteiger partial charge on any atom is -0.436 e. The Bertz CT molecular complexity index is 989. The Labute approximate surface area is 174 Å². The predicted molar refractivity (Wildman–Crippen MR) is 100 cm³/mol. The lowest BCUT2D eigenvalue weighted by Crippen LogP contribution is -2.61. The second kappa shape index (κ2) is 6.15. The van der Waals surface area contributed by atoms with Gasteiger partial charge in [0.1, 0.15) is 11.7 Å². The van der Waals surface area contributed by atoms with Gasteiger partial charge >= 0.3 is 12.0 Å². The van der Waals surface area contributed by atoms with Crippen LogP contribution in [0.2, 0.25) is 0 Å². The standard InChI is InChI=1S/C18H19BrN4O6/c1-8(24)21-14-12(23-11(16(21)27)5-6-13(23)19)7-18(29-10(3)26)15(14)22(9(2)25)17(28)20(18)4/h5-6,12,14-15H,7H2,1-4H3/t12-,14-,15-,18-/m1/s1. The van der Waals surface area contributed by atoms with E-state index in [0.717, 1.165) is 9.80 Å². The molecule has 1 aromatic rings. The van der Waals surface area contributed by atoms with Gasteiger partial charge in [-0.2, -0.15) is 0 Å². The van der Waals surface area contributed by atoms with Crippen molar-refractivity contribution in [3.05, 3.63) is 22.4 Å². The molecule has 10 nitrogen and oxygen atoms in total. The third-order valence-corrected chi connectivity index (χ3v) is 6.60. The molecule has 0 spiro atoms. The Morgan fingerprint density at radius 1 is 1.10 bits per heavy atom. The fourth-order valence-electron chi connectivity index (χ4n) is 5.00. The molecule has 29 heavy (non-hydrogen) atoms. The van der Waals surface area contributed by atoms with Gasteiger partial charge in [0.25, 0.3) is 5.91 Å². The van der Waals surface area contributed by atoms with Gasteiger partial charge < -0.3 is 9.30 Å². The van der Waals surface area contributed by atoms with Crippen LogP contribution < -0.4 is 0 Å². The molecule has 2 fully saturated rings. The minimum atomic E-state index is -1.50. The molecule has 0 radical (unpaired) electrons. The van der Waals surface area contributed by atoms with Crippen molar-refractivity contribution >= 4 is 45.7 Å². The van der Waals surface area contributed by atoms with Crippen LogP contribution in [0.3, 0.4) is 0 Å². The Morgan fingerprint density at radius 3 is 2.28 bits per heavy atom. The highest BCUT2D eigenvalue weighted by atomic mass is 79.9. The number of nitrogens with zero attached hydrogens (tertiary/aromatic N) is 4. The summed E-state index contributed by atoms with van der Waals surface area (Å²) in [6.07, 6.45) is 0.116. The summed E-state index contributed by atoms with van der Waals surface area (Å²) < 4.78 is 8.01. The van der Waals surface area contributed by atoms with Crippen LogP contribution >= 0.6 is 15.9 Å². The maximum absolute atomic E-state index is 13.1. The first-order valence-corrected chi connectivity index (χ1v) is 9.80. The lowest BCUT2D eigenvalue weighted by Gasteiger charge is -2.40. The fraction of sp³-hybridized carbons (Fsp3) is 0.500. The van der Waals surface area contributed by atoms with Crippen molar-refractivity contribution in [3.63, 3.8) is 0 Å². The lowest BCUT2D eigenvalue weighted by molar-refractivity contribution is -0.174. The lowest BCUT2D eigenvalue weighted by atomic mass is 10.0. The number of esters is 1. The molecule has 0 bridgehead atoms. The number of ether oxygens (including phenoxy) is 1. The minimum absolute atomic E-state index is 0.116. The Hall–Kier alpha value is -2.69. The largest absolute Gasteiger partial charge is 0.436 e. The van der Waals surface area contributed by atoms with Crippen molar-refractivity contribution in [2.75, 3.05) is 7.05 Å². The van der Waals surface area contributed by atoms with Crippen molar-refractivity contribution in [2.24, 2.45) is 0 Å². The normalized spacial score (nSPS) is 30.2. The monoisotopic (exact) mass is 466 g/mol. The summed E-state index contributed by atoms with van der Waals surface area (Å²) in [4.78, 5) is 66.2. The summed E-state index contributed by atoms with van der Waals surface area (Å²) in [6, 6.07) is 0.240. The summed E-state index contributed by atoms with van der Waals surface area (Å²) in [5, 5.41) is 0. The van der Waals surface area contributed by atoms with E-state index >= 15 is 0 Å². The number of carbonyl (C=O) groups excluding carboxylic acids is 5. The summed E-state index contributed by atoms with van der Waals surface area (Å²) in [5.41, 5.74) is -1.20. The van der Waals surface area contributed by atoms with E-state index in [1.807, 2.05) is 0 Å². The number of rotatable bonds is 1. The van der Waals surface area contributed by atoms with E-state index in [0.29, 0.717) is 10.3 Å². The van der Waals surface area contributed by atoms with Gasteiger partial charge in [0, 0.05) is 34.2 Å². The number of imide groups is 2. The molecule has 0 unspecified atom stereocenters. The molecule has 11 heteroatoms. The van der Waals surface area contributed by atoms with E-state index in [1.165, 1.54) is 32.7 Å². The molecule has 4 rings (SSSR count). The van der Waals surface area contributed by atoms with Crippen LogP contribution in [0.1, 0.15) is 43.7 Å². The Balaban J connectivity index is 1.99. The zero-order valence-corrected chi connectivity index (χ0v) is 17.8. The SMILES string of the molecule is CC(=O)O[C@]12C[C@@H]3[C@H]([C@H]1N(C(C)=O)C(=O)N2C)N(C(C)=O)C(=O)c1ccc(Br)n13. The first kappa shape index (κ1) is 19.6.